The first-order valence-electron chi connectivity index (χ1n) is 7.99. The second-order valence-corrected chi connectivity index (χ2v) is 7.13. The summed E-state index contributed by atoms with van der Waals surface area (Å²) in [6.45, 7) is 4.26. The molecule has 0 spiro atoms. The SMILES string of the molecule is CC1(C)CCCCC1(NC1CCCCCC1)C(=O)O. The number of rotatable bonds is 3. The van der Waals surface area contributed by atoms with E-state index in [1.807, 2.05) is 0 Å². The molecule has 0 saturated heterocycles. The van der Waals surface area contributed by atoms with Gasteiger partial charge in [-0.15, -0.1) is 0 Å². The summed E-state index contributed by atoms with van der Waals surface area (Å²) >= 11 is 0. The van der Waals surface area contributed by atoms with Crippen molar-refractivity contribution in [3.63, 3.8) is 0 Å². The van der Waals surface area contributed by atoms with Gasteiger partial charge in [0.1, 0.15) is 5.54 Å². The highest BCUT2D eigenvalue weighted by Crippen LogP contribution is 2.44. The van der Waals surface area contributed by atoms with Crippen molar-refractivity contribution in [1.82, 2.24) is 5.32 Å². The fraction of sp³-hybridized carbons (Fsp3) is 0.938. The number of hydrogen-bond acceptors (Lipinski definition) is 2. The van der Waals surface area contributed by atoms with Crippen molar-refractivity contribution in [2.45, 2.75) is 89.6 Å². The molecule has 2 saturated carbocycles. The first-order chi connectivity index (χ1) is 8.98. The molecular weight excluding hydrogens is 238 g/mol. The standard InChI is InChI=1S/C16H29NO2/c1-15(2)11-7-8-12-16(15,14(18)19)17-13-9-5-3-4-6-10-13/h13,17H,3-12H2,1-2H3,(H,18,19). The Morgan fingerprint density at radius 1 is 1.00 bits per heavy atom. The van der Waals surface area contributed by atoms with Crippen LogP contribution in [-0.4, -0.2) is 22.7 Å². The Labute approximate surface area is 117 Å². The molecule has 3 heteroatoms. The first-order valence-corrected chi connectivity index (χ1v) is 7.99. The molecule has 1 unspecified atom stereocenters. The highest BCUT2D eigenvalue weighted by Gasteiger charge is 2.53. The van der Waals surface area contributed by atoms with E-state index in [1.165, 1.54) is 25.7 Å². The Kier molecular flexibility index (Phi) is 4.54. The van der Waals surface area contributed by atoms with Gasteiger partial charge >= 0.3 is 5.97 Å². The van der Waals surface area contributed by atoms with E-state index >= 15 is 0 Å². The van der Waals surface area contributed by atoms with Gasteiger partial charge in [0.15, 0.2) is 0 Å². The minimum absolute atomic E-state index is 0.149. The summed E-state index contributed by atoms with van der Waals surface area (Å²) in [6.07, 6.45) is 11.4. The third kappa shape index (κ3) is 2.96. The van der Waals surface area contributed by atoms with Crippen LogP contribution in [0, 0.1) is 5.41 Å². The molecular formula is C16H29NO2. The van der Waals surface area contributed by atoms with Crippen molar-refractivity contribution in [3.8, 4) is 0 Å². The van der Waals surface area contributed by atoms with E-state index < -0.39 is 11.5 Å². The summed E-state index contributed by atoms with van der Waals surface area (Å²) < 4.78 is 0. The molecule has 1 atom stereocenters. The maximum absolute atomic E-state index is 12.0. The van der Waals surface area contributed by atoms with Gasteiger partial charge < -0.3 is 5.11 Å². The zero-order chi connectivity index (χ0) is 13.9. The second-order valence-electron chi connectivity index (χ2n) is 7.13. The van der Waals surface area contributed by atoms with E-state index in [9.17, 15) is 9.90 Å². The quantitative estimate of drug-likeness (QED) is 0.766. The van der Waals surface area contributed by atoms with E-state index in [2.05, 4.69) is 19.2 Å². The molecule has 2 N–H and O–H groups in total. The average molecular weight is 267 g/mol. The molecule has 2 fully saturated rings. The van der Waals surface area contributed by atoms with Gasteiger partial charge in [-0.3, -0.25) is 10.1 Å². The van der Waals surface area contributed by atoms with Gasteiger partial charge in [0.2, 0.25) is 0 Å². The van der Waals surface area contributed by atoms with Crippen molar-refractivity contribution in [3.05, 3.63) is 0 Å². The Morgan fingerprint density at radius 2 is 1.58 bits per heavy atom. The summed E-state index contributed by atoms with van der Waals surface area (Å²) in [7, 11) is 0. The lowest BCUT2D eigenvalue weighted by molar-refractivity contribution is -0.154. The molecule has 0 aromatic rings. The highest BCUT2D eigenvalue weighted by molar-refractivity contribution is 5.80. The molecule has 0 aromatic heterocycles. The zero-order valence-corrected chi connectivity index (χ0v) is 12.5. The van der Waals surface area contributed by atoms with Gasteiger partial charge in [-0.25, -0.2) is 0 Å². The molecule has 2 aliphatic rings. The number of aliphatic carboxylic acids is 1. The van der Waals surface area contributed by atoms with Crippen LogP contribution in [0.15, 0.2) is 0 Å². The smallest absolute Gasteiger partial charge is 0.324 e. The predicted octanol–water partition coefficient (Wildman–Crippen LogP) is 3.72. The van der Waals surface area contributed by atoms with Gasteiger partial charge in [-0.2, -0.15) is 0 Å². The maximum Gasteiger partial charge on any atom is 0.324 e. The second kappa shape index (κ2) is 5.82. The molecule has 0 radical (unpaired) electrons. The predicted molar refractivity (Wildman–Crippen MR) is 77.2 cm³/mol. The Bertz CT molecular complexity index is 319. The number of nitrogens with one attached hydrogen (secondary N) is 1. The van der Waals surface area contributed by atoms with Gasteiger partial charge in [-0.1, -0.05) is 52.4 Å². The molecule has 110 valence electrons. The van der Waals surface area contributed by atoms with Gasteiger partial charge in [0.25, 0.3) is 0 Å². The van der Waals surface area contributed by atoms with Gasteiger partial charge in [0, 0.05) is 6.04 Å². The first kappa shape index (κ1) is 14.8. The van der Waals surface area contributed by atoms with Crippen molar-refractivity contribution in [2.24, 2.45) is 5.41 Å². The van der Waals surface area contributed by atoms with Crippen LogP contribution in [0.1, 0.15) is 78.1 Å². The fourth-order valence-corrected chi connectivity index (χ4v) is 4.01. The summed E-state index contributed by atoms with van der Waals surface area (Å²) in [6, 6.07) is 0.399. The zero-order valence-electron chi connectivity index (χ0n) is 12.5. The van der Waals surface area contributed by atoms with Gasteiger partial charge in [-0.05, 0) is 31.1 Å². The lowest BCUT2D eigenvalue weighted by Gasteiger charge is -2.49. The molecule has 0 aromatic carbocycles. The topological polar surface area (TPSA) is 49.3 Å². The van der Waals surface area contributed by atoms with Crippen molar-refractivity contribution in [1.29, 1.82) is 0 Å². The molecule has 2 aliphatic carbocycles. The third-order valence-electron chi connectivity index (χ3n) is 5.43. The molecule has 0 aliphatic heterocycles. The van der Waals surface area contributed by atoms with Crippen LogP contribution in [0.25, 0.3) is 0 Å². The maximum atomic E-state index is 12.0. The van der Waals surface area contributed by atoms with E-state index in [4.69, 9.17) is 0 Å². The van der Waals surface area contributed by atoms with E-state index in [0.29, 0.717) is 6.04 Å². The van der Waals surface area contributed by atoms with E-state index in [-0.39, 0.29) is 5.41 Å². The van der Waals surface area contributed by atoms with Crippen LogP contribution in [0.2, 0.25) is 0 Å². The lowest BCUT2D eigenvalue weighted by Crippen LogP contribution is -2.65. The Hall–Kier alpha value is -0.570. The summed E-state index contributed by atoms with van der Waals surface area (Å²) in [4.78, 5) is 12.0. The summed E-state index contributed by atoms with van der Waals surface area (Å²) in [5, 5.41) is 13.5. The minimum atomic E-state index is -0.708. The number of carboxylic acid groups (broad SMARTS) is 1. The van der Waals surface area contributed by atoms with Crippen LogP contribution in [0.3, 0.4) is 0 Å². The number of hydrogen-bond donors (Lipinski definition) is 2. The molecule has 3 nitrogen and oxygen atoms in total. The summed E-state index contributed by atoms with van der Waals surface area (Å²) in [5.41, 5.74) is -0.857. The van der Waals surface area contributed by atoms with E-state index in [0.717, 1.165) is 38.5 Å². The van der Waals surface area contributed by atoms with Crippen molar-refractivity contribution in [2.75, 3.05) is 0 Å². The third-order valence-corrected chi connectivity index (χ3v) is 5.43. The minimum Gasteiger partial charge on any atom is -0.480 e. The van der Waals surface area contributed by atoms with Crippen LogP contribution in [0.4, 0.5) is 0 Å². The monoisotopic (exact) mass is 267 g/mol. The molecule has 0 bridgehead atoms. The molecule has 0 heterocycles. The Balaban J connectivity index is 2.16. The van der Waals surface area contributed by atoms with Crippen LogP contribution in [-0.2, 0) is 4.79 Å². The number of carbonyl (C=O) groups is 1. The normalized spacial score (nSPS) is 32.7. The van der Waals surface area contributed by atoms with Crippen LogP contribution >= 0.6 is 0 Å². The lowest BCUT2D eigenvalue weighted by atomic mass is 9.62. The molecule has 2 rings (SSSR count). The highest BCUT2D eigenvalue weighted by atomic mass is 16.4. The number of carboxylic acids is 1. The summed E-state index contributed by atoms with van der Waals surface area (Å²) in [5.74, 6) is -0.638. The van der Waals surface area contributed by atoms with Crippen molar-refractivity contribution < 1.29 is 9.90 Å². The molecule has 0 amide bonds. The Morgan fingerprint density at radius 3 is 2.11 bits per heavy atom. The van der Waals surface area contributed by atoms with Crippen LogP contribution < -0.4 is 5.32 Å². The van der Waals surface area contributed by atoms with E-state index in [1.54, 1.807) is 0 Å². The van der Waals surface area contributed by atoms with Crippen LogP contribution in [0.5, 0.6) is 0 Å². The largest absolute Gasteiger partial charge is 0.480 e. The van der Waals surface area contributed by atoms with Crippen molar-refractivity contribution >= 4 is 5.97 Å². The average Bonchev–Trinajstić information content (AvgIpc) is 2.60. The fourth-order valence-electron chi connectivity index (χ4n) is 4.01. The molecule has 19 heavy (non-hydrogen) atoms. The van der Waals surface area contributed by atoms with Gasteiger partial charge in [0.05, 0.1) is 0 Å².